The van der Waals surface area contributed by atoms with Crippen molar-refractivity contribution in [2.24, 2.45) is 5.10 Å². The predicted octanol–water partition coefficient (Wildman–Crippen LogP) is 3.93. The molecule has 0 bridgehead atoms. The van der Waals surface area contributed by atoms with Crippen molar-refractivity contribution in [3.63, 3.8) is 0 Å². The smallest absolute Gasteiger partial charge is 0.158 e. The Kier molecular flexibility index (Phi) is 4.59. The number of rotatable bonds is 4. The summed E-state index contributed by atoms with van der Waals surface area (Å²) in [6, 6.07) is 9.70. The zero-order valence-electron chi connectivity index (χ0n) is 13.9. The maximum absolute atomic E-state index is 9.05. The van der Waals surface area contributed by atoms with Gasteiger partial charge >= 0.3 is 0 Å². The lowest BCUT2D eigenvalue weighted by Gasteiger charge is -2.14. The number of aliphatic hydroxyl groups excluding tert-OH is 1. The summed E-state index contributed by atoms with van der Waals surface area (Å²) in [4.78, 5) is 10.9. The Morgan fingerprint density at radius 1 is 1.21 bits per heavy atom. The number of nitrogens with one attached hydrogen (secondary N) is 1. The van der Waals surface area contributed by atoms with Crippen LogP contribution in [-0.2, 0) is 12.0 Å². The zero-order chi connectivity index (χ0) is 17.2. The average Bonchev–Trinajstić information content (AvgIpc) is 3.01. The first-order chi connectivity index (χ1) is 11.5. The summed E-state index contributed by atoms with van der Waals surface area (Å²) in [5.41, 5.74) is 4.92. The van der Waals surface area contributed by atoms with E-state index >= 15 is 0 Å². The topological polar surface area (TPSA) is 70.4 Å². The molecule has 2 aromatic heterocycles. The highest BCUT2D eigenvalue weighted by molar-refractivity contribution is 7.18. The Hall–Kier alpha value is -2.31. The van der Waals surface area contributed by atoms with E-state index in [1.165, 1.54) is 4.88 Å². The molecule has 2 N–H and O–H groups in total. The molecule has 1 aromatic carbocycles. The van der Waals surface area contributed by atoms with Gasteiger partial charge in [0.1, 0.15) is 11.2 Å². The number of aliphatic hydroxyl groups is 1. The Morgan fingerprint density at radius 3 is 2.62 bits per heavy atom. The van der Waals surface area contributed by atoms with E-state index in [2.05, 4.69) is 47.3 Å². The first-order valence-corrected chi connectivity index (χ1v) is 8.53. The number of hydrazone groups is 1. The predicted molar refractivity (Wildman–Crippen MR) is 99.7 cm³/mol. The SMILES string of the molecule is CC(C)(C)c1cc2c(N/N=C/c3ccc(CO)cc3)ncnc2s1. The molecule has 6 heteroatoms. The number of nitrogens with zero attached hydrogens (tertiary/aromatic N) is 3. The van der Waals surface area contributed by atoms with Crippen molar-refractivity contribution < 1.29 is 5.11 Å². The first-order valence-electron chi connectivity index (χ1n) is 7.71. The molecule has 0 aliphatic heterocycles. The number of aromatic nitrogens is 2. The summed E-state index contributed by atoms with van der Waals surface area (Å²) in [6.07, 6.45) is 3.28. The van der Waals surface area contributed by atoms with E-state index in [-0.39, 0.29) is 12.0 Å². The van der Waals surface area contributed by atoms with E-state index in [4.69, 9.17) is 5.11 Å². The molecule has 0 atom stereocenters. The van der Waals surface area contributed by atoms with Crippen LogP contribution in [0.15, 0.2) is 41.8 Å². The highest BCUT2D eigenvalue weighted by Gasteiger charge is 2.18. The third-order valence-electron chi connectivity index (χ3n) is 3.61. The lowest BCUT2D eigenvalue weighted by Crippen LogP contribution is -2.07. The molecular weight excluding hydrogens is 320 g/mol. The Bertz CT molecular complexity index is 863. The molecule has 0 aliphatic carbocycles. The van der Waals surface area contributed by atoms with Crippen LogP contribution in [0.2, 0.25) is 0 Å². The van der Waals surface area contributed by atoms with Gasteiger partial charge in [-0.1, -0.05) is 45.0 Å². The molecule has 0 fully saturated rings. The summed E-state index contributed by atoms with van der Waals surface area (Å²) >= 11 is 1.69. The van der Waals surface area contributed by atoms with Gasteiger partial charge in [0.15, 0.2) is 5.82 Å². The zero-order valence-corrected chi connectivity index (χ0v) is 14.8. The fourth-order valence-corrected chi connectivity index (χ4v) is 3.25. The van der Waals surface area contributed by atoms with Gasteiger partial charge < -0.3 is 5.11 Å². The summed E-state index contributed by atoms with van der Waals surface area (Å²) in [6.45, 7) is 6.61. The van der Waals surface area contributed by atoms with Crippen molar-refractivity contribution >= 4 is 33.6 Å². The second-order valence-corrected chi connectivity index (χ2v) is 7.60. The largest absolute Gasteiger partial charge is 0.392 e. The Morgan fingerprint density at radius 2 is 1.96 bits per heavy atom. The van der Waals surface area contributed by atoms with Gasteiger partial charge in [0, 0.05) is 4.88 Å². The van der Waals surface area contributed by atoms with Gasteiger partial charge in [0.2, 0.25) is 0 Å². The van der Waals surface area contributed by atoms with Gasteiger partial charge in [0.25, 0.3) is 0 Å². The van der Waals surface area contributed by atoms with Crippen LogP contribution in [0.3, 0.4) is 0 Å². The quantitative estimate of drug-likeness (QED) is 0.558. The van der Waals surface area contributed by atoms with Crippen LogP contribution in [-0.4, -0.2) is 21.3 Å². The molecule has 3 rings (SSSR count). The average molecular weight is 340 g/mol. The maximum Gasteiger partial charge on any atom is 0.158 e. The van der Waals surface area contributed by atoms with E-state index in [9.17, 15) is 0 Å². The fourth-order valence-electron chi connectivity index (χ4n) is 2.19. The van der Waals surface area contributed by atoms with E-state index < -0.39 is 0 Å². The third-order valence-corrected chi connectivity index (χ3v) is 5.08. The lowest BCUT2D eigenvalue weighted by atomic mass is 9.94. The first kappa shape index (κ1) is 16.5. The molecule has 0 aliphatic rings. The van der Waals surface area contributed by atoms with Crippen LogP contribution < -0.4 is 5.43 Å². The standard InChI is InChI=1S/C18H20N4OS/c1-18(2,3)15-8-14-16(19-11-20-17(14)24-15)22-21-9-12-4-6-13(10-23)7-5-12/h4-9,11,23H,10H2,1-3H3,(H,19,20,22)/b21-9+. The highest BCUT2D eigenvalue weighted by atomic mass is 32.1. The molecule has 0 saturated heterocycles. The molecule has 0 radical (unpaired) electrons. The molecule has 2 heterocycles. The van der Waals surface area contributed by atoms with Gasteiger partial charge in [-0.25, -0.2) is 9.97 Å². The van der Waals surface area contributed by atoms with Gasteiger partial charge in [-0.15, -0.1) is 11.3 Å². The lowest BCUT2D eigenvalue weighted by molar-refractivity contribution is 0.282. The van der Waals surface area contributed by atoms with Crippen molar-refractivity contribution in [2.75, 3.05) is 5.43 Å². The maximum atomic E-state index is 9.05. The van der Waals surface area contributed by atoms with Crippen molar-refractivity contribution in [1.29, 1.82) is 0 Å². The van der Waals surface area contributed by atoms with E-state index in [0.717, 1.165) is 21.3 Å². The van der Waals surface area contributed by atoms with Gasteiger partial charge in [-0.2, -0.15) is 5.10 Å². The number of benzene rings is 1. The molecular formula is C18H20N4OS. The van der Waals surface area contributed by atoms with Crippen molar-refractivity contribution in [3.05, 3.63) is 52.7 Å². The Balaban J connectivity index is 1.81. The van der Waals surface area contributed by atoms with Crippen LogP contribution in [0.4, 0.5) is 5.82 Å². The van der Waals surface area contributed by atoms with Gasteiger partial charge in [-0.3, -0.25) is 5.43 Å². The second kappa shape index (κ2) is 6.67. The number of thiophene rings is 1. The van der Waals surface area contributed by atoms with Gasteiger partial charge in [-0.05, 0) is 22.6 Å². The molecule has 0 spiro atoms. The van der Waals surface area contributed by atoms with Crippen molar-refractivity contribution in [1.82, 2.24) is 9.97 Å². The van der Waals surface area contributed by atoms with Crippen molar-refractivity contribution in [3.8, 4) is 0 Å². The summed E-state index contributed by atoms with van der Waals surface area (Å²) in [5, 5.41) is 14.3. The van der Waals surface area contributed by atoms with E-state index in [0.29, 0.717) is 5.82 Å². The summed E-state index contributed by atoms with van der Waals surface area (Å²) < 4.78 is 0. The number of hydrogen-bond acceptors (Lipinski definition) is 6. The van der Waals surface area contributed by atoms with Crippen molar-refractivity contribution in [2.45, 2.75) is 32.8 Å². The fraction of sp³-hybridized carbons (Fsp3) is 0.278. The molecule has 0 amide bonds. The monoisotopic (exact) mass is 340 g/mol. The van der Waals surface area contributed by atoms with Crippen LogP contribution >= 0.6 is 11.3 Å². The van der Waals surface area contributed by atoms with Crippen LogP contribution in [0.1, 0.15) is 36.8 Å². The van der Waals surface area contributed by atoms with E-state index in [1.807, 2.05) is 24.3 Å². The summed E-state index contributed by atoms with van der Waals surface area (Å²) in [5.74, 6) is 0.704. The minimum absolute atomic E-state index is 0.0445. The van der Waals surface area contributed by atoms with Crippen LogP contribution in [0.5, 0.6) is 0 Å². The molecule has 0 unspecified atom stereocenters. The van der Waals surface area contributed by atoms with E-state index in [1.54, 1.807) is 23.9 Å². The van der Waals surface area contributed by atoms with Crippen LogP contribution in [0.25, 0.3) is 10.2 Å². The summed E-state index contributed by atoms with van der Waals surface area (Å²) in [7, 11) is 0. The minimum Gasteiger partial charge on any atom is -0.392 e. The molecule has 3 aromatic rings. The molecule has 0 saturated carbocycles. The Labute approximate surface area is 145 Å². The minimum atomic E-state index is 0.0445. The molecule has 5 nitrogen and oxygen atoms in total. The molecule has 24 heavy (non-hydrogen) atoms. The molecule has 124 valence electrons. The number of anilines is 1. The second-order valence-electron chi connectivity index (χ2n) is 6.57. The third kappa shape index (κ3) is 3.60. The number of hydrogen-bond donors (Lipinski definition) is 2. The highest BCUT2D eigenvalue weighted by Crippen LogP contribution is 2.35. The van der Waals surface area contributed by atoms with Crippen LogP contribution in [0, 0.1) is 0 Å². The number of fused-ring (bicyclic) bond motifs is 1. The van der Waals surface area contributed by atoms with Gasteiger partial charge in [0.05, 0.1) is 18.2 Å². The normalized spacial score (nSPS) is 12.2.